The van der Waals surface area contributed by atoms with Gasteiger partial charge in [0.15, 0.2) is 0 Å². The summed E-state index contributed by atoms with van der Waals surface area (Å²) in [5, 5.41) is 2.28. The van der Waals surface area contributed by atoms with Crippen LogP contribution in [0.5, 0.6) is 0 Å². The summed E-state index contributed by atoms with van der Waals surface area (Å²) in [6.45, 7) is 1.95. The average Bonchev–Trinajstić information content (AvgIpc) is 1.88. The lowest BCUT2D eigenvalue weighted by Crippen LogP contribution is -1.73. The minimum Gasteiger partial charge on any atom is -0.262 e. The summed E-state index contributed by atoms with van der Waals surface area (Å²) in [5.74, 6) is 0. The van der Waals surface area contributed by atoms with Gasteiger partial charge in [0.1, 0.15) is 0 Å². The minimum absolute atomic E-state index is 0.759. The summed E-state index contributed by atoms with van der Waals surface area (Å²) in [6, 6.07) is 1.90. The Morgan fingerprint density at radius 2 is 2.40 bits per heavy atom. The molecule has 0 aromatic carbocycles. The first kappa shape index (κ1) is 7.06. The molecule has 1 aromatic rings. The molecule has 0 amide bonds. The van der Waals surface area contributed by atoms with Gasteiger partial charge < -0.3 is 0 Å². The highest BCUT2D eigenvalue weighted by molar-refractivity contribution is 7.78. The van der Waals surface area contributed by atoms with Crippen molar-refractivity contribution in [2.45, 2.75) is 6.92 Å². The van der Waals surface area contributed by atoms with Gasteiger partial charge in [0.2, 0.25) is 0 Å². The van der Waals surface area contributed by atoms with E-state index in [9.17, 15) is 0 Å². The van der Waals surface area contributed by atoms with E-state index in [2.05, 4.69) is 27.4 Å². The number of nitrogens with zero attached hydrogens (tertiary/aromatic N) is 2. The van der Waals surface area contributed by atoms with E-state index in [1.165, 1.54) is 0 Å². The lowest BCUT2D eigenvalue weighted by atomic mass is 10.3. The molecule has 0 saturated heterocycles. The van der Waals surface area contributed by atoms with Crippen LogP contribution in [0.2, 0.25) is 0 Å². The second kappa shape index (κ2) is 3.20. The molecule has 1 rings (SSSR count). The third-order valence-corrected chi connectivity index (χ3v) is 1.13. The Morgan fingerprint density at radius 3 is 3.00 bits per heavy atom. The van der Waals surface area contributed by atoms with E-state index in [1.807, 2.05) is 13.0 Å². The number of aliphatic imine (C=N–C) groups is 1. The molecule has 10 heavy (non-hydrogen) atoms. The lowest BCUT2D eigenvalue weighted by molar-refractivity contribution is 1.26. The predicted octanol–water partition coefficient (Wildman–Crippen LogP) is 2.12. The topological polar surface area (TPSA) is 25.2 Å². The van der Waals surface area contributed by atoms with Gasteiger partial charge in [-0.25, -0.2) is 0 Å². The van der Waals surface area contributed by atoms with Crippen LogP contribution in [0.15, 0.2) is 23.5 Å². The Morgan fingerprint density at radius 1 is 1.60 bits per heavy atom. The fourth-order valence-electron chi connectivity index (χ4n) is 0.653. The van der Waals surface area contributed by atoms with Crippen LogP contribution in [0.1, 0.15) is 5.56 Å². The van der Waals surface area contributed by atoms with Gasteiger partial charge in [0.25, 0.3) is 0 Å². The molecule has 1 heterocycles. The van der Waals surface area contributed by atoms with Crippen molar-refractivity contribution in [2.24, 2.45) is 4.99 Å². The summed E-state index contributed by atoms with van der Waals surface area (Å²) < 4.78 is 0. The number of pyridine rings is 1. The minimum atomic E-state index is 0.759. The molecular formula is C7H6N2S. The van der Waals surface area contributed by atoms with Crippen molar-refractivity contribution in [2.75, 3.05) is 0 Å². The molecule has 0 unspecified atom stereocenters. The van der Waals surface area contributed by atoms with Crippen LogP contribution in [0, 0.1) is 6.92 Å². The number of isothiocyanates is 1. The molecule has 0 atom stereocenters. The highest BCUT2D eigenvalue weighted by atomic mass is 32.1. The number of aryl methyl sites for hydroxylation is 1. The van der Waals surface area contributed by atoms with Gasteiger partial charge in [-0.3, -0.25) is 4.98 Å². The van der Waals surface area contributed by atoms with E-state index < -0.39 is 0 Å². The van der Waals surface area contributed by atoms with E-state index in [1.54, 1.807) is 12.4 Å². The van der Waals surface area contributed by atoms with Crippen molar-refractivity contribution in [3.05, 3.63) is 24.0 Å². The van der Waals surface area contributed by atoms with Gasteiger partial charge in [-0.05, 0) is 30.8 Å². The van der Waals surface area contributed by atoms with Crippen molar-refractivity contribution in [1.29, 1.82) is 0 Å². The molecular weight excluding hydrogens is 144 g/mol. The summed E-state index contributed by atoms with van der Waals surface area (Å²) >= 11 is 4.43. The fraction of sp³-hybridized carbons (Fsp3) is 0.143. The van der Waals surface area contributed by atoms with Gasteiger partial charge in [-0.2, -0.15) is 4.99 Å². The van der Waals surface area contributed by atoms with Crippen molar-refractivity contribution in [3.8, 4) is 0 Å². The van der Waals surface area contributed by atoms with Crippen molar-refractivity contribution in [1.82, 2.24) is 4.98 Å². The molecule has 1 aromatic heterocycles. The number of hydrogen-bond donors (Lipinski definition) is 0. The Kier molecular flexibility index (Phi) is 2.26. The molecule has 0 N–H and O–H groups in total. The zero-order valence-electron chi connectivity index (χ0n) is 5.53. The van der Waals surface area contributed by atoms with Crippen LogP contribution >= 0.6 is 12.2 Å². The fourth-order valence-corrected chi connectivity index (χ4v) is 0.758. The molecule has 0 bridgehead atoms. The third-order valence-electron chi connectivity index (χ3n) is 1.04. The van der Waals surface area contributed by atoms with Crippen LogP contribution < -0.4 is 0 Å². The van der Waals surface area contributed by atoms with Gasteiger partial charge in [0, 0.05) is 6.20 Å². The van der Waals surface area contributed by atoms with Gasteiger partial charge in [0.05, 0.1) is 17.0 Å². The molecule has 2 nitrogen and oxygen atoms in total. The molecule has 0 aliphatic heterocycles. The van der Waals surface area contributed by atoms with E-state index in [0.717, 1.165) is 11.3 Å². The molecule has 0 fully saturated rings. The SMILES string of the molecule is Cc1cncc(N=C=S)c1. The zero-order chi connectivity index (χ0) is 7.40. The van der Waals surface area contributed by atoms with Crippen molar-refractivity contribution < 1.29 is 0 Å². The molecule has 0 radical (unpaired) electrons. The third kappa shape index (κ3) is 1.72. The Balaban J connectivity index is 3.06. The molecule has 3 heteroatoms. The zero-order valence-corrected chi connectivity index (χ0v) is 6.35. The predicted molar refractivity (Wildman–Crippen MR) is 43.7 cm³/mol. The number of rotatable bonds is 1. The number of aromatic nitrogens is 1. The van der Waals surface area contributed by atoms with Crippen LogP contribution in [-0.4, -0.2) is 10.1 Å². The maximum atomic E-state index is 4.43. The van der Waals surface area contributed by atoms with E-state index in [4.69, 9.17) is 0 Å². The van der Waals surface area contributed by atoms with Gasteiger partial charge >= 0.3 is 0 Å². The second-order valence-electron chi connectivity index (χ2n) is 1.92. The quantitative estimate of drug-likeness (QED) is 0.452. The first-order valence-electron chi connectivity index (χ1n) is 2.82. The van der Waals surface area contributed by atoms with Crippen LogP contribution in [0.3, 0.4) is 0 Å². The molecule has 0 aliphatic rings. The number of thiocarbonyl (C=S) groups is 1. The maximum Gasteiger partial charge on any atom is 0.0925 e. The van der Waals surface area contributed by atoms with E-state index >= 15 is 0 Å². The Bertz CT molecular complexity index is 277. The highest BCUT2D eigenvalue weighted by Gasteiger charge is 1.86. The summed E-state index contributed by atoms with van der Waals surface area (Å²) in [7, 11) is 0. The normalized spacial score (nSPS) is 8.50. The van der Waals surface area contributed by atoms with Crippen LogP contribution in [0.4, 0.5) is 5.69 Å². The Labute approximate surface area is 64.6 Å². The van der Waals surface area contributed by atoms with Gasteiger partial charge in [-0.15, -0.1) is 0 Å². The highest BCUT2D eigenvalue weighted by Crippen LogP contribution is 2.09. The average molecular weight is 150 g/mol. The van der Waals surface area contributed by atoms with Crippen molar-refractivity contribution in [3.63, 3.8) is 0 Å². The molecule has 0 aliphatic carbocycles. The first-order chi connectivity index (χ1) is 4.83. The largest absolute Gasteiger partial charge is 0.262 e. The summed E-state index contributed by atoms with van der Waals surface area (Å²) in [5.41, 5.74) is 1.83. The second-order valence-corrected chi connectivity index (χ2v) is 2.11. The van der Waals surface area contributed by atoms with Crippen molar-refractivity contribution >= 4 is 23.1 Å². The van der Waals surface area contributed by atoms with E-state index in [-0.39, 0.29) is 0 Å². The van der Waals surface area contributed by atoms with Crippen LogP contribution in [0.25, 0.3) is 0 Å². The molecule has 50 valence electrons. The maximum absolute atomic E-state index is 4.43. The monoisotopic (exact) mass is 150 g/mol. The lowest BCUT2D eigenvalue weighted by Gasteiger charge is -1.90. The summed E-state index contributed by atoms with van der Waals surface area (Å²) in [4.78, 5) is 7.69. The van der Waals surface area contributed by atoms with Gasteiger partial charge in [-0.1, -0.05) is 0 Å². The molecule has 0 spiro atoms. The standard InChI is InChI=1S/C7H6N2S/c1-6-2-7(9-5-10)4-8-3-6/h2-4H,1H3. The van der Waals surface area contributed by atoms with E-state index in [0.29, 0.717) is 0 Å². The first-order valence-corrected chi connectivity index (χ1v) is 3.23. The summed E-state index contributed by atoms with van der Waals surface area (Å²) in [6.07, 6.45) is 3.41. The van der Waals surface area contributed by atoms with Crippen LogP contribution in [-0.2, 0) is 0 Å². The smallest absolute Gasteiger partial charge is 0.0925 e. The molecule has 0 saturated carbocycles. The Hall–Kier alpha value is -1.05. The number of hydrogen-bond acceptors (Lipinski definition) is 3.